The number of aliphatic hydroxyl groups excluding tert-OH is 1. The van der Waals surface area contributed by atoms with E-state index < -0.39 is 0 Å². The van der Waals surface area contributed by atoms with Gasteiger partial charge in [0.25, 0.3) is 0 Å². The molecule has 3 rings (SSSR count). The molecular weight excluding hydrogens is 252 g/mol. The molecule has 3 heterocycles. The van der Waals surface area contributed by atoms with Crippen LogP contribution in [-0.2, 0) is 4.74 Å². The number of ether oxygens (including phenoxy) is 1. The number of hydrogen-bond donors (Lipinski definition) is 1. The molecule has 1 unspecified atom stereocenters. The topological polar surface area (TPSA) is 35.9 Å². The van der Waals surface area contributed by atoms with Crippen LogP contribution >= 0.6 is 0 Å². The van der Waals surface area contributed by atoms with Crippen LogP contribution in [-0.4, -0.2) is 73.5 Å². The molecule has 0 saturated carbocycles. The number of nitrogens with zero attached hydrogens (tertiary/aromatic N) is 2. The lowest BCUT2D eigenvalue weighted by Gasteiger charge is -2.42. The van der Waals surface area contributed by atoms with Crippen molar-refractivity contribution in [2.45, 2.75) is 44.6 Å². The molecule has 3 fully saturated rings. The van der Waals surface area contributed by atoms with Crippen molar-refractivity contribution in [1.29, 1.82) is 0 Å². The van der Waals surface area contributed by atoms with Crippen LogP contribution in [0.4, 0.5) is 0 Å². The summed E-state index contributed by atoms with van der Waals surface area (Å²) in [5.74, 6) is 0. The van der Waals surface area contributed by atoms with Crippen molar-refractivity contribution < 1.29 is 9.84 Å². The van der Waals surface area contributed by atoms with Crippen molar-refractivity contribution >= 4 is 0 Å². The Morgan fingerprint density at radius 2 is 1.80 bits per heavy atom. The molecule has 0 aromatic heterocycles. The van der Waals surface area contributed by atoms with Crippen molar-refractivity contribution in [2.75, 3.05) is 52.5 Å². The summed E-state index contributed by atoms with van der Waals surface area (Å²) in [4.78, 5) is 5.28. The van der Waals surface area contributed by atoms with Gasteiger partial charge in [0.1, 0.15) is 0 Å². The average Bonchev–Trinajstić information content (AvgIpc) is 2.98. The summed E-state index contributed by atoms with van der Waals surface area (Å²) in [7, 11) is 0. The minimum atomic E-state index is 0.0258. The number of rotatable bonds is 4. The van der Waals surface area contributed by atoms with Gasteiger partial charge < -0.3 is 19.6 Å². The molecule has 116 valence electrons. The number of likely N-dealkylation sites (tertiary alicyclic amines) is 2. The third-order valence-electron chi connectivity index (χ3n) is 5.54. The largest absolute Gasteiger partial charge is 0.396 e. The van der Waals surface area contributed by atoms with E-state index in [1.807, 2.05) is 0 Å². The molecule has 3 saturated heterocycles. The fourth-order valence-electron chi connectivity index (χ4n) is 4.15. The lowest BCUT2D eigenvalue weighted by atomic mass is 9.86. The highest BCUT2D eigenvalue weighted by Gasteiger charge is 2.37. The first-order valence-corrected chi connectivity index (χ1v) is 8.46. The molecular formula is C16H30N2O2. The van der Waals surface area contributed by atoms with Crippen LogP contribution in [0, 0.1) is 5.41 Å². The summed E-state index contributed by atoms with van der Waals surface area (Å²) in [5, 5.41) is 9.69. The van der Waals surface area contributed by atoms with Gasteiger partial charge in [-0.15, -0.1) is 0 Å². The van der Waals surface area contributed by atoms with Gasteiger partial charge in [-0.3, -0.25) is 0 Å². The first-order chi connectivity index (χ1) is 9.81. The summed E-state index contributed by atoms with van der Waals surface area (Å²) in [6.07, 6.45) is 7.85. The maximum absolute atomic E-state index is 9.69. The minimum absolute atomic E-state index is 0.0258. The lowest BCUT2D eigenvalue weighted by Crippen LogP contribution is -2.49. The van der Waals surface area contributed by atoms with E-state index in [9.17, 15) is 5.11 Å². The van der Waals surface area contributed by atoms with E-state index in [0.717, 1.165) is 32.2 Å². The molecule has 0 aromatic carbocycles. The molecule has 0 spiro atoms. The Kier molecular flexibility index (Phi) is 4.97. The fraction of sp³-hybridized carbons (Fsp3) is 1.00. The van der Waals surface area contributed by atoms with E-state index in [2.05, 4.69) is 9.80 Å². The summed E-state index contributed by atoms with van der Waals surface area (Å²) in [6, 6.07) is 0.816. The van der Waals surface area contributed by atoms with Gasteiger partial charge in [0.15, 0.2) is 0 Å². The number of hydrogen-bond acceptors (Lipinski definition) is 4. The average molecular weight is 282 g/mol. The van der Waals surface area contributed by atoms with Gasteiger partial charge >= 0.3 is 0 Å². The van der Waals surface area contributed by atoms with Gasteiger partial charge in [0.2, 0.25) is 0 Å². The van der Waals surface area contributed by atoms with Crippen LogP contribution in [0.2, 0.25) is 0 Å². The maximum atomic E-state index is 9.69. The SMILES string of the molecule is OCC1(CN2CCC(N3CCCCC3)CC2)CCOC1. The summed E-state index contributed by atoms with van der Waals surface area (Å²) in [5.41, 5.74) is 0.0258. The molecule has 3 aliphatic heterocycles. The third-order valence-corrected chi connectivity index (χ3v) is 5.54. The van der Waals surface area contributed by atoms with Gasteiger partial charge in [-0.25, -0.2) is 0 Å². The molecule has 4 heteroatoms. The Bertz CT molecular complexity index is 291. The first kappa shape index (κ1) is 14.8. The van der Waals surface area contributed by atoms with Gasteiger partial charge in [-0.2, -0.15) is 0 Å². The summed E-state index contributed by atoms with van der Waals surface area (Å²) >= 11 is 0. The Labute approximate surface area is 123 Å². The Morgan fingerprint density at radius 1 is 1.05 bits per heavy atom. The van der Waals surface area contributed by atoms with E-state index in [4.69, 9.17) is 4.74 Å². The van der Waals surface area contributed by atoms with Crippen LogP contribution in [0.5, 0.6) is 0 Å². The summed E-state index contributed by atoms with van der Waals surface area (Å²) < 4.78 is 5.51. The first-order valence-electron chi connectivity index (χ1n) is 8.46. The standard InChI is InChI=1S/C16H30N2O2/c19-13-16(6-11-20-14-16)12-17-9-4-15(5-10-17)18-7-2-1-3-8-18/h15,19H,1-14H2. The molecule has 0 amide bonds. The van der Waals surface area contributed by atoms with Crippen molar-refractivity contribution in [1.82, 2.24) is 9.80 Å². The van der Waals surface area contributed by atoms with E-state index in [-0.39, 0.29) is 12.0 Å². The molecule has 0 radical (unpaired) electrons. The van der Waals surface area contributed by atoms with Crippen LogP contribution in [0.3, 0.4) is 0 Å². The molecule has 0 aliphatic carbocycles. The Morgan fingerprint density at radius 3 is 2.40 bits per heavy atom. The van der Waals surface area contributed by atoms with Crippen LogP contribution < -0.4 is 0 Å². The van der Waals surface area contributed by atoms with E-state index >= 15 is 0 Å². The Hall–Kier alpha value is -0.160. The zero-order valence-electron chi connectivity index (χ0n) is 12.7. The van der Waals surface area contributed by atoms with Crippen LogP contribution in [0.25, 0.3) is 0 Å². The van der Waals surface area contributed by atoms with Crippen molar-refractivity contribution in [3.05, 3.63) is 0 Å². The van der Waals surface area contributed by atoms with Gasteiger partial charge in [0.05, 0.1) is 13.2 Å². The fourth-order valence-corrected chi connectivity index (χ4v) is 4.15. The van der Waals surface area contributed by atoms with Crippen LogP contribution in [0.1, 0.15) is 38.5 Å². The lowest BCUT2D eigenvalue weighted by molar-refractivity contribution is 0.0320. The molecule has 4 nitrogen and oxygen atoms in total. The van der Waals surface area contributed by atoms with Gasteiger partial charge in [-0.05, 0) is 58.3 Å². The molecule has 1 atom stereocenters. The highest BCUT2D eigenvalue weighted by molar-refractivity contribution is 4.89. The normalized spacial score (nSPS) is 34.6. The molecule has 0 aromatic rings. The van der Waals surface area contributed by atoms with Crippen molar-refractivity contribution in [3.8, 4) is 0 Å². The highest BCUT2D eigenvalue weighted by atomic mass is 16.5. The second-order valence-corrected chi connectivity index (χ2v) is 7.06. The monoisotopic (exact) mass is 282 g/mol. The smallest absolute Gasteiger partial charge is 0.0557 e. The van der Waals surface area contributed by atoms with Crippen molar-refractivity contribution in [2.24, 2.45) is 5.41 Å². The van der Waals surface area contributed by atoms with E-state index in [1.54, 1.807) is 0 Å². The third kappa shape index (κ3) is 3.35. The predicted molar refractivity (Wildman–Crippen MR) is 79.8 cm³/mol. The molecule has 20 heavy (non-hydrogen) atoms. The summed E-state index contributed by atoms with van der Waals surface area (Å²) in [6.45, 7) is 7.90. The predicted octanol–water partition coefficient (Wildman–Crippen LogP) is 1.34. The number of piperidine rings is 2. The maximum Gasteiger partial charge on any atom is 0.0557 e. The quantitative estimate of drug-likeness (QED) is 0.844. The van der Waals surface area contributed by atoms with Gasteiger partial charge in [0, 0.05) is 24.6 Å². The Balaban J connectivity index is 1.46. The van der Waals surface area contributed by atoms with Gasteiger partial charge in [-0.1, -0.05) is 6.42 Å². The second kappa shape index (κ2) is 6.73. The van der Waals surface area contributed by atoms with Crippen LogP contribution in [0.15, 0.2) is 0 Å². The van der Waals surface area contributed by atoms with Crippen molar-refractivity contribution in [3.63, 3.8) is 0 Å². The minimum Gasteiger partial charge on any atom is -0.396 e. The molecule has 1 N–H and O–H groups in total. The second-order valence-electron chi connectivity index (χ2n) is 7.06. The molecule has 0 bridgehead atoms. The zero-order valence-corrected chi connectivity index (χ0v) is 12.7. The van der Waals surface area contributed by atoms with E-state index in [1.165, 1.54) is 58.3 Å². The van der Waals surface area contributed by atoms with E-state index in [0.29, 0.717) is 0 Å². The number of aliphatic hydroxyl groups is 1. The highest BCUT2D eigenvalue weighted by Crippen LogP contribution is 2.30. The molecule has 3 aliphatic rings. The zero-order chi connectivity index (χ0) is 13.8.